The molecule has 0 unspecified atom stereocenters. The Labute approximate surface area is 258 Å². The normalized spacial score (nSPS) is 11.0. The van der Waals surface area contributed by atoms with E-state index in [1.165, 1.54) is 63.9 Å². The summed E-state index contributed by atoms with van der Waals surface area (Å²) in [6, 6.07) is 20.2. The zero-order valence-corrected chi connectivity index (χ0v) is 25.1. The van der Waals surface area contributed by atoms with Crippen molar-refractivity contribution in [2.24, 2.45) is 5.10 Å². The van der Waals surface area contributed by atoms with Crippen molar-refractivity contribution in [2.75, 3.05) is 21.3 Å². The van der Waals surface area contributed by atoms with Gasteiger partial charge in [0.2, 0.25) is 5.75 Å². The quantitative estimate of drug-likeness (QED) is 0.0625. The predicted octanol–water partition coefficient (Wildman–Crippen LogP) is 5.86. The largest absolute Gasteiger partial charge is 0.493 e. The molecule has 0 radical (unpaired) electrons. The molecule has 5 aromatic rings. The van der Waals surface area contributed by atoms with Crippen LogP contribution in [-0.4, -0.2) is 48.1 Å². The van der Waals surface area contributed by atoms with Gasteiger partial charge < -0.3 is 18.9 Å². The van der Waals surface area contributed by atoms with Crippen LogP contribution in [0.2, 0.25) is 0 Å². The van der Waals surface area contributed by atoms with Crippen LogP contribution < -0.4 is 24.5 Å². The number of nitro benzene ring substituents is 1. The number of benzene rings is 4. The maximum atomic E-state index is 13.6. The number of carbonyl (C=O) groups is 1. The number of hydrogen-bond donors (Lipinski definition) is 0. The highest BCUT2D eigenvalue weighted by Crippen LogP contribution is 2.38. The number of rotatable bonds is 9. The van der Waals surface area contributed by atoms with Crippen LogP contribution in [0.4, 0.5) is 5.69 Å². The molecule has 0 fully saturated rings. The molecule has 0 bridgehead atoms. The topological polar surface area (TPSA) is 144 Å². The summed E-state index contributed by atoms with van der Waals surface area (Å²) in [5.41, 5.74) is 0.778. The van der Waals surface area contributed by atoms with E-state index >= 15 is 0 Å². The van der Waals surface area contributed by atoms with E-state index in [-0.39, 0.29) is 34.3 Å². The number of carbonyl (C=O) groups excluding carboxylic acids is 1. The van der Waals surface area contributed by atoms with Crippen LogP contribution >= 0.6 is 15.9 Å². The number of fused-ring (bicyclic) bond motifs is 1. The summed E-state index contributed by atoms with van der Waals surface area (Å²) < 4.78 is 23.5. The molecule has 5 rings (SSSR count). The smallest absolute Gasteiger partial charge is 0.343 e. The second-order valence-electron chi connectivity index (χ2n) is 9.10. The zero-order chi connectivity index (χ0) is 31.4. The number of nitro groups is 1. The van der Waals surface area contributed by atoms with Crippen LogP contribution in [0.1, 0.15) is 15.9 Å². The molecule has 4 aromatic carbocycles. The van der Waals surface area contributed by atoms with E-state index in [2.05, 4.69) is 26.0 Å². The average Bonchev–Trinajstić information content (AvgIpc) is 3.04. The Hall–Kier alpha value is -5.56. The summed E-state index contributed by atoms with van der Waals surface area (Å²) in [5, 5.41) is 15.9. The van der Waals surface area contributed by atoms with E-state index in [1.54, 1.807) is 42.5 Å². The van der Waals surface area contributed by atoms with Crippen LogP contribution in [0.5, 0.6) is 23.0 Å². The molecule has 0 aliphatic heterocycles. The molecule has 1 heterocycles. The lowest BCUT2D eigenvalue weighted by Gasteiger charge is -2.14. The van der Waals surface area contributed by atoms with E-state index in [0.717, 1.165) is 4.68 Å². The van der Waals surface area contributed by atoms with Gasteiger partial charge in [0, 0.05) is 27.7 Å². The Kier molecular flexibility index (Phi) is 8.67. The minimum Gasteiger partial charge on any atom is -0.493 e. The first kappa shape index (κ1) is 29.9. The summed E-state index contributed by atoms with van der Waals surface area (Å²) in [6.07, 6.45) is 1.36. The summed E-state index contributed by atoms with van der Waals surface area (Å²) in [4.78, 5) is 42.1. The molecule has 0 saturated heterocycles. The van der Waals surface area contributed by atoms with Crippen molar-refractivity contribution in [3.05, 3.63) is 115 Å². The Morgan fingerprint density at radius 1 is 0.932 bits per heavy atom. The van der Waals surface area contributed by atoms with Crippen molar-refractivity contribution < 1.29 is 28.7 Å². The third kappa shape index (κ3) is 5.99. The van der Waals surface area contributed by atoms with Gasteiger partial charge in [-0.15, -0.1) is 0 Å². The Morgan fingerprint density at radius 2 is 1.61 bits per heavy atom. The van der Waals surface area contributed by atoms with E-state index in [9.17, 15) is 19.7 Å². The number of methoxy groups -OCH3 is 3. The number of ether oxygens (including phenoxy) is 4. The molecule has 0 aliphatic rings. The predicted molar refractivity (Wildman–Crippen MR) is 166 cm³/mol. The SMILES string of the molecule is COc1cc(C(=O)Oc2ccc(Br)cc2C=Nn2c(-c3ccc([N+](=O)[O-])cc3)nc3ccccc3c2=O)cc(OC)c1OC. The van der Waals surface area contributed by atoms with E-state index in [4.69, 9.17) is 18.9 Å². The lowest BCUT2D eigenvalue weighted by molar-refractivity contribution is -0.384. The molecule has 12 nitrogen and oxygen atoms in total. The molecule has 0 saturated carbocycles. The summed E-state index contributed by atoms with van der Waals surface area (Å²) in [5.74, 6) is 0.468. The van der Waals surface area contributed by atoms with E-state index in [1.807, 2.05) is 0 Å². The standard InChI is InChI=1S/C31H23BrN4O8/c1-41-26-15-19(16-27(42-2)28(26)43-3)31(38)44-25-13-10-21(32)14-20(25)17-33-35-29(18-8-11-22(12-9-18)36(39)40)34-24-7-5-4-6-23(24)30(35)37/h4-17H,1-3H3. The number of hydrogen-bond acceptors (Lipinski definition) is 10. The number of esters is 1. The molecule has 0 N–H and O–H groups in total. The van der Waals surface area contributed by atoms with E-state index < -0.39 is 16.5 Å². The van der Waals surface area contributed by atoms with Crippen molar-refractivity contribution in [3.8, 4) is 34.4 Å². The van der Waals surface area contributed by atoms with Crippen LogP contribution in [0.25, 0.3) is 22.3 Å². The summed E-state index contributed by atoms with van der Waals surface area (Å²) >= 11 is 3.42. The molecule has 1 aromatic heterocycles. The fourth-order valence-corrected chi connectivity index (χ4v) is 4.72. The highest BCUT2D eigenvalue weighted by molar-refractivity contribution is 9.10. The van der Waals surface area contributed by atoms with Gasteiger partial charge in [-0.1, -0.05) is 28.1 Å². The second kappa shape index (κ2) is 12.8. The molecule has 0 aliphatic carbocycles. The van der Waals surface area contributed by atoms with Crippen LogP contribution in [-0.2, 0) is 0 Å². The monoisotopic (exact) mass is 658 g/mol. The van der Waals surface area contributed by atoms with Crippen molar-refractivity contribution in [1.29, 1.82) is 0 Å². The molecular formula is C31H23BrN4O8. The Morgan fingerprint density at radius 3 is 2.25 bits per heavy atom. The fourth-order valence-electron chi connectivity index (χ4n) is 4.34. The number of halogens is 1. The number of nitrogens with zero attached hydrogens (tertiary/aromatic N) is 4. The first-order valence-electron chi connectivity index (χ1n) is 12.9. The maximum absolute atomic E-state index is 13.6. The Bertz CT molecular complexity index is 1970. The molecule has 13 heteroatoms. The molecule has 0 spiro atoms. The van der Waals surface area contributed by atoms with E-state index in [0.29, 0.717) is 32.3 Å². The lowest BCUT2D eigenvalue weighted by Crippen LogP contribution is -2.20. The van der Waals surface area contributed by atoms with Crippen molar-refractivity contribution >= 4 is 44.7 Å². The van der Waals surface area contributed by atoms with Gasteiger partial charge in [0.25, 0.3) is 11.2 Å². The lowest BCUT2D eigenvalue weighted by atomic mass is 10.1. The first-order chi connectivity index (χ1) is 21.2. The summed E-state index contributed by atoms with van der Waals surface area (Å²) in [6.45, 7) is 0. The maximum Gasteiger partial charge on any atom is 0.343 e. The highest BCUT2D eigenvalue weighted by Gasteiger charge is 2.20. The molecule has 222 valence electrons. The molecule has 0 amide bonds. The molecule has 44 heavy (non-hydrogen) atoms. The molecular weight excluding hydrogens is 636 g/mol. The van der Waals surface area contributed by atoms with Gasteiger partial charge in [-0.2, -0.15) is 9.78 Å². The minimum absolute atomic E-state index is 0.111. The van der Waals surface area contributed by atoms with Crippen molar-refractivity contribution in [1.82, 2.24) is 9.66 Å². The zero-order valence-electron chi connectivity index (χ0n) is 23.5. The van der Waals surface area contributed by atoms with Crippen LogP contribution in [0.3, 0.4) is 0 Å². The van der Waals surface area contributed by atoms with Crippen LogP contribution in [0.15, 0.2) is 93.2 Å². The fraction of sp³-hybridized carbons (Fsp3) is 0.0968. The van der Waals surface area contributed by atoms with Gasteiger partial charge >= 0.3 is 5.97 Å². The highest BCUT2D eigenvalue weighted by atomic mass is 79.9. The summed E-state index contributed by atoms with van der Waals surface area (Å²) in [7, 11) is 4.32. The number of para-hydroxylation sites is 1. The van der Waals surface area contributed by atoms with Gasteiger partial charge in [-0.05, 0) is 54.6 Å². The number of aromatic nitrogens is 2. The third-order valence-corrected chi connectivity index (χ3v) is 6.97. The van der Waals surface area contributed by atoms with Crippen LogP contribution in [0, 0.1) is 10.1 Å². The van der Waals surface area contributed by atoms with Gasteiger partial charge in [0.05, 0.1) is 48.9 Å². The van der Waals surface area contributed by atoms with Gasteiger partial charge in [-0.25, -0.2) is 9.78 Å². The first-order valence-corrected chi connectivity index (χ1v) is 13.7. The number of non-ortho nitro benzene ring substituents is 1. The minimum atomic E-state index is -0.711. The average molecular weight is 659 g/mol. The van der Waals surface area contributed by atoms with Gasteiger partial charge in [-0.3, -0.25) is 14.9 Å². The van der Waals surface area contributed by atoms with Gasteiger partial charge in [0.15, 0.2) is 17.3 Å². The molecule has 0 atom stereocenters. The van der Waals surface area contributed by atoms with Crippen molar-refractivity contribution in [3.63, 3.8) is 0 Å². The second-order valence-corrected chi connectivity index (χ2v) is 10.0. The van der Waals surface area contributed by atoms with Gasteiger partial charge in [0.1, 0.15) is 5.75 Å². The third-order valence-electron chi connectivity index (χ3n) is 6.48. The Balaban J connectivity index is 1.57. The van der Waals surface area contributed by atoms with Crippen molar-refractivity contribution in [2.45, 2.75) is 0 Å².